The summed E-state index contributed by atoms with van der Waals surface area (Å²) in [5, 5.41) is 8.14. The lowest BCUT2D eigenvalue weighted by molar-refractivity contribution is -0.136. The highest BCUT2D eigenvalue weighted by molar-refractivity contribution is 5.90. The monoisotopic (exact) mass is 390 g/mol. The van der Waals surface area contributed by atoms with E-state index in [2.05, 4.69) is 25.6 Å². The minimum atomic E-state index is -4.63. The van der Waals surface area contributed by atoms with Crippen molar-refractivity contribution in [3.05, 3.63) is 58.7 Å². The van der Waals surface area contributed by atoms with Gasteiger partial charge in [0.2, 0.25) is 5.65 Å². The molecule has 0 saturated carbocycles. The summed E-state index contributed by atoms with van der Waals surface area (Å²) in [4.78, 5) is 19.1. The van der Waals surface area contributed by atoms with Gasteiger partial charge in [-0.1, -0.05) is 31.7 Å². The molecule has 146 valence electrons. The van der Waals surface area contributed by atoms with Crippen LogP contribution < -0.4 is 10.6 Å². The maximum absolute atomic E-state index is 13.0. The lowest BCUT2D eigenvalue weighted by atomic mass is 10.1. The van der Waals surface area contributed by atoms with Gasteiger partial charge in [0.25, 0.3) is 5.82 Å². The summed E-state index contributed by atoms with van der Waals surface area (Å²) in [6.07, 6.45) is -4.63. The number of fused-ring (bicyclic) bond motifs is 1. The van der Waals surface area contributed by atoms with Crippen LogP contribution in [0.1, 0.15) is 29.8 Å². The van der Waals surface area contributed by atoms with Gasteiger partial charge in [-0.15, -0.1) is 0 Å². The number of aromatic amines is 1. The van der Waals surface area contributed by atoms with Crippen LogP contribution in [-0.2, 0) is 6.18 Å². The number of benzene rings is 1. The third-order valence-electron chi connectivity index (χ3n) is 4.26. The number of nitrogens with one attached hydrogen (secondary N) is 3. The van der Waals surface area contributed by atoms with Gasteiger partial charge in [0.15, 0.2) is 0 Å². The highest BCUT2D eigenvalue weighted by Gasteiger charge is 2.37. The number of anilines is 1. The first-order valence-corrected chi connectivity index (χ1v) is 8.37. The number of hydrogen-bond donors (Lipinski definition) is 3. The summed E-state index contributed by atoms with van der Waals surface area (Å²) in [6, 6.07) is 7.74. The van der Waals surface area contributed by atoms with Crippen molar-refractivity contribution in [3.63, 3.8) is 0 Å². The van der Waals surface area contributed by atoms with Crippen molar-refractivity contribution in [2.24, 2.45) is 0 Å². The molecular formula is C18H17F3N6O. The zero-order valence-corrected chi connectivity index (χ0v) is 15.1. The van der Waals surface area contributed by atoms with E-state index in [1.165, 1.54) is 0 Å². The van der Waals surface area contributed by atoms with Crippen molar-refractivity contribution in [1.29, 1.82) is 0 Å². The number of aromatic nitrogens is 3. The number of aryl methyl sites for hydroxylation is 1. The molecule has 28 heavy (non-hydrogen) atoms. The summed E-state index contributed by atoms with van der Waals surface area (Å²) >= 11 is 0. The highest BCUT2D eigenvalue weighted by Crippen LogP contribution is 2.38. The first-order chi connectivity index (χ1) is 13.2. The maximum Gasteiger partial charge on any atom is 0.409 e. The Kier molecular flexibility index (Phi) is 5.00. The largest absolute Gasteiger partial charge is 0.409 e. The van der Waals surface area contributed by atoms with Gasteiger partial charge in [0.1, 0.15) is 5.82 Å². The van der Waals surface area contributed by atoms with Crippen molar-refractivity contribution in [2.45, 2.75) is 25.9 Å². The Morgan fingerprint density at radius 3 is 2.75 bits per heavy atom. The molecule has 0 spiro atoms. The standard InChI is InChI=1S/C18H17F3N6O/c1-10-6-4-5-7-13(10)24-17(28)23-9-11(2)15-25-14-8-12(18(19,20)21)16(22-3)27(14)26-15/h4-8,11H,9H2,1-2H3,(H,25,26)(H2,23,24,28). The number of amides is 2. The number of hydrogen-bond acceptors (Lipinski definition) is 2. The molecule has 10 heteroatoms. The summed E-state index contributed by atoms with van der Waals surface area (Å²) in [5.74, 6) is -0.515. The summed E-state index contributed by atoms with van der Waals surface area (Å²) in [6.45, 7) is 10.9. The molecule has 3 rings (SSSR count). The third-order valence-corrected chi connectivity index (χ3v) is 4.26. The van der Waals surface area contributed by atoms with Gasteiger partial charge in [0, 0.05) is 24.2 Å². The molecular weight excluding hydrogens is 373 g/mol. The molecule has 1 aromatic carbocycles. The van der Waals surface area contributed by atoms with Gasteiger partial charge in [-0.05, 0) is 18.6 Å². The van der Waals surface area contributed by atoms with Gasteiger partial charge < -0.3 is 15.5 Å². The fraction of sp³-hybridized carbons (Fsp3) is 0.278. The van der Waals surface area contributed by atoms with Crippen LogP contribution in [0, 0.1) is 13.5 Å². The number of rotatable bonds is 4. The number of carbonyl (C=O) groups is 1. The lowest BCUT2D eigenvalue weighted by Crippen LogP contribution is -2.32. The predicted molar refractivity (Wildman–Crippen MR) is 97.4 cm³/mol. The molecule has 2 heterocycles. The minimum absolute atomic E-state index is 0.00420. The molecule has 1 unspecified atom stereocenters. The van der Waals surface area contributed by atoms with E-state index in [0.29, 0.717) is 11.5 Å². The van der Waals surface area contributed by atoms with E-state index in [1.807, 2.05) is 19.1 Å². The lowest BCUT2D eigenvalue weighted by Gasteiger charge is -2.12. The molecule has 3 N–H and O–H groups in total. The molecule has 1 atom stereocenters. The molecule has 0 fully saturated rings. The summed E-state index contributed by atoms with van der Waals surface area (Å²) in [7, 11) is 0. The fourth-order valence-electron chi connectivity index (χ4n) is 2.70. The molecule has 7 nitrogen and oxygen atoms in total. The van der Waals surface area contributed by atoms with Gasteiger partial charge in [0.05, 0.1) is 5.56 Å². The Morgan fingerprint density at radius 2 is 2.11 bits per heavy atom. The number of urea groups is 1. The Balaban J connectivity index is 1.69. The minimum Gasteiger partial charge on any atom is -0.361 e. The molecule has 3 aromatic rings. The van der Waals surface area contributed by atoms with Crippen LogP contribution >= 0.6 is 0 Å². The van der Waals surface area contributed by atoms with Gasteiger partial charge >= 0.3 is 12.2 Å². The quantitative estimate of drug-likeness (QED) is 0.575. The summed E-state index contributed by atoms with van der Waals surface area (Å²) < 4.78 is 39.9. The molecule has 0 aliphatic carbocycles. The second kappa shape index (κ2) is 7.26. The topological polar surface area (TPSA) is 78.6 Å². The predicted octanol–water partition coefficient (Wildman–Crippen LogP) is 4.47. The molecule has 2 amide bonds. The Bertz CT molecular complexity index is 1060. The number of halogens is 3. The average Bonchev–Trinajstić information content (AvgIpc) is 3.19. The zero-order chi connectivity index (χ0) is 20.5. The van der Waals surface area contributed by atoms with E-state index in [1.54, 1.807) is 19.1 Å². The van der Waals surface area contributed by atoms with Crippen LogP contribution in [0.25, 0.3) is 10.5 Å². The second-order valence-corrected chi connectivity index (χ2v) is 6.34. The third kappa shape index (κ3) is 3.78. The van der Waals surface area contributed by atoms with Crippen molar-refractivity contribution >= 4 is 23.2 Å². The SMILES string of the molecule is [C-]#[N+]c1c(C(F)(F)F)cc2nc(C(C)CNC(=O)Nc3ccccc3C)[nH]n12. The number of nitrogens with zero attached hydrogens (tertiary/aromatic N) is 3. The first kappa shape index (κ1) is 19.3. The molecule has 0 aliphatic heterocycles. The van der Waals surface area contributed by atoms with Crippen molar-refractivity contribution in [3.8, 4) is 0 Å². The smallest absolute Gasteiger partial charge is 0.361 e. The molecule has 0 aliphatic rings. The van der Waals surface area contributed by atoms with E-state index in [9.17, 15) is 18.0 Å². The van der Waals surface area contributed by atoms with Crippen LogP contribution in [-0.4, -0.2) is 27.2 Å². The van der Waals surface area contributed by atoms with Crippen molar-refractivity contribution in [1.82, 2.24) is 19.9 Å². The van der Waals surface area contributed by atoms with E-state index in [-0.39, 0.29) is 18.1 Å². The van der Waals surface area contributed by atoms with Crippen LogP contribution in [0.2, 0.25) is 0 Å². The number of carbonyl (C=O) groups excluding carboxylic acids is 1. The molecule has 0 bridgehead atoms. The van der Waals surface area contributed by atoms with E-state index >= 15 is 0 Å². The maximum atomic E-state index is 13.0. The normalized spacial score (nSPS) is 12.6. The van der Waals surface area contributed by atoms with Gasteiger partial charge in [-0.2, -0.15) is 22.7 Å². The highest BCUT2D eigenvalue weighted by atomic mass is 19.4. The number of alkyl halides is 3. The first-order valence-electron chi connectivity index (χ1n) is 8.37. The summed E-state index contributed by atoms with van der Waals surface area (Å²) in [5.41, 5.74) is 0.570. The number of para-hydroxylation sites is 1. The van der Waals surface area contributed by atoms with E-state index < -0.39 is 23.6 Å². The van der Waals surface area contributed by atoms with Crippen LogP contribution in [0.4, 0.5) is 29.5 Å². The Hall–Kier alpha value is -3.48. The van der Waals surface area contributed by atoms with Crippen molar-refractivity contribution < 1.29 is 18.0 Å². The number of H-pyrrole nitrogens is 1. The Morgan fingerprint density at radius 1 is 1.39 bits per heavy atom. The Labute approximate surface area is 158 Å². The van der Waals surface area contributed by atoms with E-state index in [4.69, 9.17) is 6.57 Å². The van der Waals surface area contributed by atoms with Gasteiger partial charge in [-0.3, -0.25) is 0 Å². The molecule has 0 radical (unpaired) electrons. The van der Waals surface area contributed by atoms with Gasteiger partial charge in [-0.25, -0.2) is 9.89 Å². The zero-order valence-electron chi connectivity index (χ0n) is 15.1. The fourth-order valence-corrected chi connectivity index (χ4v) is 2.70. The van der Waals surface area contributed by atoms with E-state index in [0.717, 1.165) is 16.1 Å². The molecule has 2 aromatic heterocycles. The second-order valence-electron chi connectivity index (χ2n) is 6.34. The molecule has 0 saturated heterocycles. The van der Waals surface area contributed by atoms with Crippen molar-refractivity contribution in [2.75, 3.05) is 11.9 Å². The van der Waals surface area contributed by atoms with Crippen LogP contribution in [0.3, 0.4) is 0 Å². The van der Waals surface area contributed by atoms with Crippen LogP contribution in [0.5, 0.6) is 0 Å². The van der Waals surface area contributed by atoms with Crippen LogP contribution in [0.15, 0.2) is 30.3 Å². The average molecular weight is 390 g/mol.